The monoisotopic (exact) mass is 383 g/mol. The summed E-state index contributed by atoms with van der Waals surface area (Å²) in [7, 11) is 0. The number of urea groups is 1. The Morgan fingerprint density at radius 2 is 1.96 bits per heavy atom. The van der Waals surface area contributed by atoms with Crippen LogP contribution in [0.4, 0.5) is 28.8 Å². The van der Waals surface area contributed by atoms with Gasteiger partial charge in [0, 0.05) is 10.6 Å². The summed E-state index contributed by atoms with van der Waals surface area (Å²) in [6.45, 7) is 0. The molecule has 2 amide bonds. The fraction of sp³-hybridized carbons (Fsp3) is 0.125. The van der Waals surface area contributed by atoms with Gasteiger partial charge in [-0.15, -0.1) is 11.8 Å². The molecule has 0 aliphatic carbocycles. The van der Waals surface area contributed by atoms with Crippen molar-refractivity contribution in [3.8, 4) is 0 Å². The molecular formula is C16H12F3N3OS2. The van der Waals surface area contributed by atoms with Crippen molar-refractivity contribution in [2.45, 2.75) is 11.1 Å². The number of aromatic nitrogens is 1. The Kier molecular flexibility index (Phi) is 4.87. The third-order valence-corrected chi connectivity index (χ3v) is 4.92. The number of carbonyl (C=O) groups excluding carboxylic acids is 1. The smallest absolute Gasteiger partial charge is 0.308 e. The van der Waals surface area contributed by atoms with Gasteiger partial charge in [-0.25, -0.2) is 9.78 Å². The normalized spacial score (nSPS) is 11.5. The van der Waals surface area contributed by atoms with Crippen LogP contribution in [0.3, 0.4) is 0 Å². The fourth-order valence-electron chi connectivity index (χ4n) is 2.12. The first-order valence-corrected chi connectivity index (χ1v) is 9.09. The molecule has 1 heterocycles. The van der Waals surface area contributed by atoms with E-state index in [-0.39, 0.29) is 5.69 Å². The van der Waals surface area contributed by atoms with Gasteiger partial charge in [-0.05, 0) is 42.7 Å². The minimum absolute atomic E-state index is 0.0538. The molecule has 0 radical (unpaired) electrons. The van der Waals surface area contributed by atoms with E-state index in [2.05, 4.69) is 15.6 Å². The van der Waals surface area contributed by atoms with Gasteiger partial charge in [-0.2, -0.15) is 13.2 Å². The zero-order valence-corrected chi connectivity index (χ0v) is 14.5. The first kappa shape index (κ1) is 17.6. The first-order valence-electron chi connectivity index (χ1n) is 7.05. The molecule has 0 spiro atoms. The number of fused-ring (bicyclic) bond motifs is 1. The molecule has 0 atom stereocenters. The van der Waals surface area contributed by atoms with E-state index < -0.39 is 17.8 Å². The number of carbonyl (C=O) groups is 1. The lowest BCUT2D eigenvalue weighted by atomic mass is 10.2. The minimum Gasteiger partial charge on any atom is -0.308 e. The van der Waals surface area contributed by atoms with E-state index in [0.717, 1.165) is 27.2 Å². The van der Waals surface area contributed by atoms with Crippen LogP contribution in [0, 0.1) is 0 Å². The van der Waals surface area contributed by atoms with Gasteiger partial charge in [0.25, 0.3) is 0 Å². The molecule has 0 aliphatic heterocycles. The van der Waals surface area contributed by atoms with E-state index in [1.807, 2.05) is 24.5 Å². The molecule has 3 aromatic rings. The second kappa shape index (κ2) is 6.93. The largest absolute Gasteiger partial charge is 0.416 e. The average Bonchev–Trinajstić information content (AvgIpc) is 2.95. The van der Waals surface area contributed by atoms with Crippen LogP contribution in [0.5, 0.6) is 0 Å². The molecule has 2 N–H and O–H groups in total. The number of rotatable bonds is 3. The van der Waals surface area contributed by atoms with Gasteiger partial charge in [-0.3, -0.25) is 5.32 Å². The number of thioether (sulfide) groups is 1. The Bertz CT molecular complexity index is 924. The summed E-state index contributed by atoms with van der Waals surface area (Å²) >= 11 is 2.90. The van der Waals surface area contributed by atoms with Crippen LogP contribution in [0.1, 0.15) is 5.56 Å². The number of hydrogen-bond acceptors (Lipinski definition) is 4. The third-order valence-electron chi connectivity index (χ3n) is 3.26. The number of benzene rings is 2. The second-order valence-electron chi connectivity index (χ2n) is 5.01. The Morgan fingerprint density at radius 1 is 1.16 bits per heavy atom. The van der Waals surface area contributed by atoms with Gasteiger partial charge in [0.05, 0.1) is 15.8 Å². The van der Waals surface area contributed by atoms with E-state index in [0.29, 0.717) is 5.13 Å². The summed E-state index contributed by atoms with van der Waals surface area (Å²) in [6.07, 6.45) is -2.50. The fourth-order valence-corrected chi connectivity index (χ4v) is 3.53. The molecule has 0 bridgehead atoms. The number of alkyl halides is 3. The summed E-state index contributed by atoms with van der Waals surface area (Å²) in [5.74, 6) is 0. The second-order valence-corrected chi connectivity index (χ2v) is 6.92. The van der Waals surface area contributed by atoms with Gasteiger partial charge in [0.2, 0.25) is 0 Å². The van der Waals surface area contributed by atoms with Crippen LogP contribution in [-0.2, 0) is 6.18 Å². The number of amides is 2. The molecule has 0 unspecified atom stereocenters. The van der Waals surface area contributed by atoms with E-state index >= 15 is 0 Å². The molecule has 130 valence electrons. The van der Waals surface area contributed by atoms with Crippen molar-refractivity contribution in [1.82, 2.24) is 4.98 Å². The van der Waals surface area contributed by atoms with Crippen LogP contribution < -0.4 is 10.6 Å². The van der Waals surface area contributed by atoms with Crippen molar-refractivity contribution in [1.29, 1.82) is 0 Å². The third kappa shape index (κ3) is 4.23. The van der Waals surface area contributed by atoms with Gasteiger partial charge >= 0.3 is 12.2 Å². The van der Waals surface area contributed by atoms with Crippen LogP contribution in [0.25, 0.3) is 10.2 Å². The summed E-state index contributed by atoms with van der Waals surface area (Å²) in [4.78, 5) is 17.4. The summed E-state index contributed by atoms with van der Waals surface area (Å²) < 4.78 is 39.0. The Morgan fingerprint density at radius 3 is 2.68 bits per heavy atom. The predicted octanol–water partition coefficient (Wildman–Crippen LogP) is 5.68. The molecule has 3 rings (SSSR count). The van der Waals surface area contributed by atoms with E-state index in [1.165, 1.54) is 23.5 Å². The van der Waals surface area contributed by atoms with Crippen molar-refractivity contribution in [2.75, 3.05) is 16.9 Å². The van der Waals surface area contributed by atoms with Crippen LogP contribution in [0.15, 0.2) is 47.4 Å². The quantitative estimate of drug-likeness (QED) is 0.572. The molecular weight excluding hydrogens is 371 g/mol. The zero-order valence-electron chi connectivity index (χ0n) is 12.8. The number of hydrogen-bond donors (Lipinski definition) is 2. The van der Waals surface area contributed by atoms with Crippen LogP contribution in [0.2, 0.25) is 0 Å². The SMILES string of the molecule is CSc1ccc2nc(NC(=O)Nc3cccc(C(F)(F)F)c3)sc2c1. The molecule has 1 aromatic heterocycles. The van der Waals surface area contributed by atoms with Crippen molar-refractivity contribution >= 4 is 50.2 Å². The van der Waals surface area contributed by atoms with Crippen molar-refractivity contribution in [3.05, 3.63) is 48.0 Å². The zero-order chi connectivity index (χ0) is 18.0. The lowest BCUT2D eigenvalue weighted by Gasteiger charge is -2.09. The van der Waals surface area contributed by atoms with Gasteiger partial charge in [0.1, 0.15) is 0 Å². The van der Waals surface area contributed by atoms with Crippen molar-refractivity contribution < 1.29 is 18.0 Å². The van der Waals surface area contributed by atoms with Gasteiger partial charge < -0.3 is 5.32 Å². The maximum atomic E-state index is 12.7. The summed E-state index contributed by atoms with van der Waals surface area (Å²) in [5, 5.41) is 5.30. The number of anilines is 2. The molecule has 9 heteroatoms. The molecule has 25 heavy (non-hydrogen) atoms. The van der Waals surface area contributed by atoms with E-state index in [4.69, 9.17) is 0 Å². The molecule has 4 nitrogen and oxygen atoms in total. The lowest BCUT2D eigenvalue weighted by Crippen LogP contribution is -2.19. The lowest BCUT2D eigenvalue weighted by molar-refractivity contribution is -0.137. The summed E-state index contributed by atoms with van der Waals surface area (Å²) in [5.41, 5.74) is -0.0230. The average molecular weight is 383 g/mol. The van der Waals surface area contributed by atoms with E-state index in [9.17, 15) is 18.0 Å². The minimum atomic E-state index is -4.46. The molecule has 0 fully saturated rings. The number of thiazole rings is 1. The van der Waals surface area contributed by atoms with Crippen LogP contribution >= 0.6 is 23.1 Å². The first-order chi connectivity index (χ1) is 11.8. The van der Waals surface area contributed by atoms with Crippen molar-refractivity contribution in [3.63, 3.8) is 0 Å². The van der Waals surface area contributed by atoms with Crippen LogP contribution in [-0.4, -0.2) is 17.3 Å². The molecule has 0 aliphatic rings. The summed E-state index contributed by atoms with van der Waals surface area (Å²) in [6, 6.07) is 9.55. The highest BCUT2D eigenvalue weighted by molar-refractivity contribution is 7.98. The van der Waals surface area contributed by atoms with Crippen molar-refractivity contribution in [2.24, 2.45) is 0 Å². The topological polar surface area (TPSA) is 54.0 Å². The molecule has 0 saturated heterocycles. The highest BCUT2D eigenvalue weighted by Crippen LogP contribution is 2.31. The Labute approximate surface area is 149 Å². The molecule has 2 aromatic carbocycles. The number of halogens is 3. The number of nitrogens with one attached hydrogen (secondary N) is 2. The van der Waals surface area contributed by atoms with Gasteiger partial charge in [0.15, 0.2) is 5.13 Å². The predicted molar refractivity (Wildman–Crippen MR) is 95.5 cm³/mol. The Balaban J connectivity index is 1.72. The van der Waals surface area contributed by atoms with Gasteiger partial charge in [-0.1, -0.05) is 17.4 Å². The highest BCUT2D eigenvalue weighted by Gasteiger charge is 2.30. The van der Waals surface area contributed by atoms with E-state index in [1.54, 1.807) is 11.8 Å². The molecule has 0 saturated carbocycles. The maximum absolute atomic E-state index is 12.7. The highest BCUT2D eigenvalue weighted by atomic mass is 32.2. The maximum Gasteiger partial charge on any atom is 0.416 e. The Hall–Kier alpha value is -2.26. The number of nitrogens with zero attached hydrogens (tertiary/aromatic N) is 1. The standard InChI is InChI=1S/C16H12F3N3OS2/c1-24-11-5-6-12-13(8-11)25-15(21-12)22-14(23)20-10-4-2-3-9(7-10)16(17,18)19/h2-8H,1H3,(H2,20,21,22,23).